The largest absolute Gasteiger partial charge is 2.00 e. The summed E-state index contributed by atoms with van der Waals surface area (Å²) >= 11 is 0. The molecule has 0 atom stereocenters. The van der Waals surface area contributed by atoms with Crippen LogP contribution in [0.2, 0.25) is 0 Å². The van der Waals surface area contributed by atoms with Gasteiger partial charge in [-0.1, -0.05) is 139 Å². The minimum absolute atomic E-state index is 0. The molecule has 0 spiro atoms. The van der Waals surface area contributed by atoms with Gasteiger partial charge in [-0.2, -0.15) is 0 Å². The van der Waals surface area contributed by atoms with E-state index in [1.165, 1.54) is 102 Å². The van der Waals surface area contributed by atoms with Crippen LogP contribution in [0.1, 0.15) is 140 Å². The molecule has 0 heterocycles. The van der Waals surface area contributed by atoms with Gasteiger partial charge in [0.05, 0.1) is 9.79 Å². The Balaban J connectivity index is 0.000000882. The van der Waals surface area contributed by atoms with E-state index >= 15 is 0 Å². The molecule has 0 unspecified atom stereocenters. The Morgan fingerprint density at radius 1 is 0.404 bits per heavy atom. The topological polar surface area (TPSA) is 166 Å². The van der Waals surface area contributed by atoms with Crippen LogP contribution >= 0.6 is 0 Å². The molecule has 264 valence electrons. The fourth-order valence-corrected chi connectivity index (χ4v) is 7.13. The summed E-state index contributed by atoms with van der Waals surface area (Å²) in [5.41, 5.74) is 12.2. The first-order chi connectivity index (χ1) is 22.1. The van der Waals surface area contributed by atoms with Crippen molar-refractivity contribution >= 4 is 58.0 Å². The summed E-state index contributed by atoms with van der Waals surface area (Å²) in [6, 6.07) is 13.1. The molecule has 11 heteroatoms. The van der Waals surface area contributed by atoms with Gasteiger partial charge in [0.2, 0.25) is 0 Å². The van der Waals surface area contributed by atoms with Crippen LogP contribution in [-0.4, -0.2) is 76.8 Å². The minimum Gasteiger partial charge on any atom is -0.744 e. The molecule has 0 aliphatic heterocycles. The van der Waals surface area contributed by atoms with Crippen LogP contribution < -0.4 is 11.5 Å². The molecule has 2 aromatic rings. The molecule has 8 nitrogen and oxygen atoms in total. The van der Waals surface area contributed by atoms with Crippen LogP contribution in [0.25, 0.3) is 0 Å². The van der Waals surface area contributed by atoms with Gasteiger partial charge in [0, 0.05) is 0 Å². The van der Waals surface area contributed by atoms with Gasteiger partial charge in [0.25, 0.3) is 0 Å². The van der Waals surface area contributed by atoms with E-state index in [-0.39, 0.29) is 47.5 Å². The maximum Gasteiger partial charge on any atom is 2.00 e. The van der Waals surface area contributed by atoms with Crippen molar-refractivity contribution in [1.82, 2.24) is 0 Å². The summed E-state index contributed by atoms with van der Waals surface area (Å²) in [4.78, 5) is -0.116. The molecule has 0 bridgehead atoms. The quantitative estimate of drug-likeness (QED) is 0.0569. The van der Waals surface area contributed by atoms with Crippen molar-refractivity contribution in [3.8, 4) is 0 Å². The van der Waals surface area contributed by atoms with E-state index in [1.54, 1.807) is 36.4 Å². The summed E-state index contributed by atoms with van der Waals surface area (Å²) in [6.45, 7) is 1.60. The van der Waals surface area contributed by atoms with Crippen LogP contribution in [-0.2, 0) is 33.1 Å². The van der Waals surface area contributed by atoms with E-state index in [0.29, 0.717) is 24.0 Å². The molecular weight excluding hydrogens is 661 g/mol. The first-order valence-electron chi connectivity index (χ1n) is 17.6. The fraction of sp³-hybridized carbons (Fsp3) is 0.667. The van der Waals surface area contributed by atoms with Gasteiger partial charge >= 0.3 is 37.7 Å². The van der Waals surface area contributed by atoms with Crippen molar-refractivity contribution < 1.29 is 25.9 Å². The smallest absolute Gasteiger partial charge is 0.744 e. The van der Waals surface area contributed by atoms with E-state index in [1.807, 2.05) is 0 Å². The first-order valence-corrected chi connectivity index (χ1v) is 20.4. The van der Waals surface area contributed by atoms with Crippen molar-refractivity contribution in [2.75, 3.05) is 13.1 Å². The average molecular weight is 721 g/mol. The molecule has 0 radical (unpaired) electrons. The number of hydrogen-bond acceptors (Lipinski definition) is 8. The maximum absolute atomic E-state index is 11.2. The predicted molar refractivity (Wildman–Crippen MR) is 192 cm³/mol. The molecule has 2 aromatic carbocycles. The van der Waals surface area contributed by atoms with Crippen LogP contribution in [0, 0.1) is 0 Å². The number of hydrogen-bond donors (Lipinski definition) is 2. The first kappa shape index (κ1) is 46.4. The molecule has 0 saturated carbocycles. The molecule has 0 fully saturated rings. The fourth-order valence-electron chi connectivity index (χ4n) is 5.66. The Bertz CT molecular complexity index is 1160. The third-order valence-electron chi connectivity index (χ3n) is 8.28. The predicted octanol–water partition coefficient (Wildman–Crippen LogP) is 7.61. The number of benzene rings is 2. The molecule has 0 aliphatic carbocycles. The minimum atomic E-state index is -4.36. The molecule has 0 aliphatic rings. The van der Waals surface area contributed by atoms with Gasteiger partial charge < -0.3 is 20.6 Å². The normalized spacial score (nSPS) is 11.5. The summed E-state index contributed by atoms with van der Waals surface area (Å²) in [7, 11) is -8.71. The Kier molecular flexibility index (Phi) is 28.8. The van der Waals surface area contributed by atoms with Crippen molar-refractivity contribution in [1.29, 1.82) is 0 Å². The average Bonchev–Trinajstić information content (AvgIpc) is 3.02. The Morgan fingerprint density at radius 2 is 0.638 bits per heavy atom. The molecule has 0 amide bonds. The molecule has 0 aromatic heterocycles. The van der Waals surface area contributed by atoms with Gasteiger partial charge in [-0.05, 0) is 74.9 Å². The summed E-state index contributed by atoms with van der Waals surface area (Å²) in [5.74, 6) is 0. The van der Waals surface area contributed by atoms with Crippen LogP contribution in [0.15, 0.2) is 58.3 Å². The van der Waals surface area contributed by atoms with Crippen LogP contribution in [0.3, 0.4) is 0 Å². The molecule has 47 heavy (non-hydrogen) atoms. The van der Waals surface area contributed by atoms with Gasteiger partial charge in [-0.25, -0.2) is 16.8 Å². The monoisotopic (exact) mass is 720 g/mol. The van der Waals surface area contributed by atoms with E-state index in [9.17, 15) is 25.9 Å². The molecule has 2 rings (SSSR count). The number of unbranched alkanes of at least 4 members (excludes halogenated alkanes) is 18. The number of rotatable bonds is 26. The second-order valence-electron chi connectivity index (χ2n) is 12.3. The van der Waals surface area contributed by atoms with Gasteiger partial charge in [-0.3, -0.25) is 0 Å². The van der Waals surface area contributed by atoms with Gasteiger partial charge in [0.1, 0.15) is 20.2 Å². The van der Waals surface area contributed by atoms with Crippen molar-refractivity contribution in [3.05, 3.63) is 59.7 Å². The third-order valence-corrected chi connectivity index (χ3v) is 10.2. The maximum atomic E-state index is 11.2. The Labute approximate surface area is 316 Å². The van der Waals surface area contributed by atoms with Crippen LogP contribution in [0.5, 0.6) is 0 Å². The van der Waals surface area contributed by atoms with E-state index < -0.39 is 20.2 Å². The van der Waals surface area contributed by atoms with Crippen LogP contribution in [0.4, 0.5) is 0 Å². The molecule has 0 saturated heterocycles. The number of nitrogens with two attached hydrogens (primary N) is 2. The zero-order chi connectivity index (χ0) is 33.9. The Morgan fingerprint density at radius 3 is 0.894 bits per heavy atom. The van der Waals surface area contributed by atoms with Crippen molar-refractivity contribution in [2.24, 2.45) is 11.5 Å². The summed E-state index contributed by atoms with van der Waals surface area (Å²) in [5, 5.41) is 0. The summed E-state index contributed by atoms with van der Waals surface area (Å²) in [6.07, 6.45) is 25.3. The van der Waals surface area contributed by atoms with E-state index in [2.05, 4.69) is 0 Å². The molecule has 4 N–H and O–H groups in total. The Hall–Kier alpha value is -0.560. The second kappa shape index (κ2) is 29.2. The zero-order valence-corrected chi connectivity index (χ0v) is 32.6. The SMILES string of the molecule is NCCCCCCCCCCCCc1ccccc1S(=O)(=O)[O-].NCCCCCCCCCCCCc1ccccc1S(=O)(=O)[O-].[Ca+2]. The number of aryl methyl sites for hydroxylation is 2. The van der Waals surface area contributed by atoms with Crippen molar-refractivity contribution in [3.63, 3.8) is 0 Å². The summed E-state index contributed by atoms with van der Waals surface area (Å²) < 4.78 is 67.2. The zero-order valence-electron chi connectivity index (χ0n) is 28.7. The standard InChI is InChI=1S/2C18H31NO3S.Ca/c2*19-16-12-8-6-4-2-1-3-5-7-9-13-17-14-10-11-15-18(17)23(20,21)22;/h2*10-11,14-15H,1-9,12-13,16,19H2,(H,20,21,22);/q;;+2/p-2. The van der Waals surface area contributed by atoms with Gasteiger partial charge in [-0.15, -0.1) is 0 Å². The van der Waals surface area contributed by atoms with E-state index in [0.717, 1.165) is 51.6 Å². The van der Waals surface area contributed by atoms with Crippen molar-refractivity contribution in [2.45, 2.75) is 151 Å². The van der Waals surface area contributed by atoms with Gasteiger partial charge in [0.15, 0.2) is 0 Å². The van der Waals surface area contributed by atoms with E-state index in [4.69, 9.17) is 11.5 Å². The second-order valence-corrected chi connectivity index (χ2v) is 15.0. The third kappa shape index (κ3) is 24.3. The molecular formula is C36H60CaN2O6S2.